The van der Waals surface area contributed by atoms with Crippen molar-refractivity contribution in [2.75, 3.05) is 6.61 Å². The maximum atomic E-state index is 12.5. The zero-order chi connectivity index (χ0) is 46.3. The number of aliphatic hydroxyl groups excluding tert-OH is 10. The molecule has 26 atom stereocenters. The summed E-state index contributed by atoms with van der Waals surface area (Å²) in [5.74, 6) is 1.58. The zero-order valence-electron chi connectivity index (χ0n) is 37.3. The molecule has 0 aromatic carbocycles. The van der Waals surface area contributed by atoms with Crippen LogP contribution in [0.15, 0.2) is 23.3 Å². The van der Waals surface area contributed by atoms with Gasteiger partial charge in [0.1, 0.15) is 79.4 Å². The Morgan fingerprint density at radius 3 is 1.66 bits per heavy atom. The van der Waals surface area contributed by atoms with Crippen LogP contribution in [0.1, 0.15) is 86.5 Å². The van der Waals surface area contributed by atoms with Gasteiger partial charge in [-0.25, -0.2) is 0 Å². The lowest BCUT2D eigenvalue weighted by Gasteiger charge is -2.58. The average molecular weight is 915 g/mol. The van der Waals surface area contributed by atoms with Crippen LogP contribution >= 0.6 is 0 Å². The number of allylic oxidation sites excluding steroid dienone is 3. The highest BCUT2D eigenvalue weighted by molar-refractivity contribution is 5.95. The Morgan fingerprint density at radius 2 is 1.09 bits per heavy atom. The molecule has 0 unspecified atom stereocenters. The van der Waals surface area contributed by atoms with Gasteiger partial charge >= 0.3 is 0 Å². The second-order valence-electron chi connectivity index (χ2n) is 20.2. The van der Waals surface area contributed by atoms with E-state index in [1.807, 2.05) is 0 Å². The summed E-state index contributed by atoms with van der Waals surface area (Å²) in [6.07, 6.45) is -19.1. The van der Waals surface area contributed by atoms with Gasteiger partial charge in [0.25, 0.3) is 0 Å². The molecule has 19 nitrogen and oxygen atoms in total. The summed E-state index contributed by atoms with van der Waals surface area (Å²) in [6, 6.07) is 0. The van der Waals surface area contributed by atoms with Crippen molar-refractivity contribution in [1.82, 2.24) is 0 Å². The van der Waals surface area contributed by atoms with Gasteiger partial charge in [-0.1, -0.05) is 31.6 Å². The number of carbonyl (C=O) groups is 1. The topological polar surface area (TPSA) is 293 Å². The van der Waals surface area contributed by atoms with Crippen molar-refractivity contribution < 1.29 is 93.8 Å². The van der Waals surface area contributed by atoms with Gasteiger partial charge in [0, 0.05) is 0 Å². The molecule has 8 rings (SSSR count). The summed E-state index contributed by atoms with van der Waals surface area (Å²) in [4.78, 5) is 12.5. The number of fused-ring (bicyclic) bond motifs is 5. The normalized spacial score (nSPS) is 54.2. The van der Waals surface area contributed by atoms with Gasteiger partial charge in [0.2, 0.25) is 0 Å². The van der Waals surface area contributed by atoms with Crippen LogP contribution < -0.4 is 0 Å². The van der Waals surface area contributed by atoms with Crippen LogP contribution in [-0.4, -0.2) is 192 Å². The molecule has 4 aliphatic carbocycles. The second-order valence-corrected chi connectivity index (χ2v) is 20.2. The molecule has 19 heteroatoms. The summed E-state index contributed by atoms with van der Waals surface area (Å²) >= 11 is 0. The first-order chi connectivity index (χ1) is 30.2. The second kappa shape index (κ2) is 18.7. The molecule has 0 bridgehead atoms. The predicted octanol–water partition coefficient (Wildman–Crippen LogP) is -1.18. The van der Waals surface area contributed by atoms with Gasteiger partial charge in [-0.2, -0.15) is 0 Å². The third kappa shape index (κ3) is 8.50. The molecule has 4 aliphatic heterocycles. The Hall–Kier alpha value is -1.57. The largest absolute Gasteiger partial charge is 0.394 e. The molecular formula is C45H70O19. The van der Waals surface area contributed by atoms with Crippen LogP contribution in [0.2, 0.25) is 0 Å². The van der Waals surface area contributed by atoms with Crippen molar-refractivity contribution in [3.05, 3.63) is 23.3 Å². The molecule has 364 valence electrons. The summed E-state index contributed by atoms with van der Waals surface area (Å²) in [7, 11) is 0. The van der Waals surface area contributed by atoms with Gasteiger partial charge in [0.15, 0.2) is 30.9 Å². The molecule has 4 heterocycles. The standard InChI is InChI=1S/C45H70O19/c1-17(47)24-9-10-25-23-8-7-21-15-22(11-13-44(21,5)26(23)12-14-45(24,25)6)60-43-36(56)32(52)39(27(16-46)61-43)64-42-35(55)31(51)38(20(4)59-42)63-41-34(54)30(50)37(19(3)58-41)62-40-33(53)29(49)28(48)18(2)57-40/h7,9,18-20,22-23,25-43,46,48-56H,8,10-16H2,1-6H3/t18-,19-,20-,22-,23-,25-,26-,27+,28-,29+,30-,31-,32+,33+,34+,35+,36+,37-,38-,39+,40-,41-,42-,43+,44-,45+/m0/s1. The van der Waals surface area contributed by atoms with Gasteiger partial charge in [-0.15, -0.1) is 0 Å². The van der Waals surface area contributed by atoms with E-state index in [-0.39, 0.29) is 22.7 Å². The number of aliphatic hydroxyl groups is 10. The number of Topliss-reactive ketones (excluding diaryl/α,β-unsaturated/α-hetero) is 1. The Morgan fingerprint density at radius 1 is 0.594 bits per heavy atom. The Kier molecular flexibility index (Phi) is 14.3. The Labute approximate surface area is 372 Å². The van der Waals surface area contributed by atoms with Crippen molar-refractivity contribution in [2.45, 2.75) is 215 Å². The molecule has 2 saturated carbocycles. The van der Waals surface area contributed by atoms with Crippen molar-refractivity contribution >= 4 is 5.78 Å². The Balaban J connectivity index is 0.849. The molecule has 64 heavy (non-hydrogen) atoms. The maximum absolute atomic E-state index is 12.5. The highest BCUT2D eigenvalue weighted by atomic mass is 16.8. The minimum atomic E-state index is -1.83. The highest BCUT2D eigenvalue weighted by Crippen LogP contribution is 2.65. The lowest BCUT2D eigenvalue weighted by atomic mass is 9.47. The molecule has 0 aromatic rings. The van der Waals surface area contributed by atoms with Gasteiger partial charge in [-0.05, 0) is 107 Å². The number of hydrogen-bond acceptors (Lipinski definition) is 19. The van der Waals surface area contributed by atoms with Crippen LogP contribution in [0.3, 0.4) is 0 Å². The van der Waals surface area contributed by atoms with E-state index in [9.17, 15) is 55.9 Å². The van der Waals surface area contributed by atoms with Crippen LogP contribution in [0.5, 0.6) is 0 Å². The monoisotopic (exact) mass is 914 g/mol. The number of rotatable bonds is 10. The van der Waals surface area contributed by atoms with E-state index >= 15 is 0 Å². The van der Waals surface area contributed by atoms with Crippen molar-refractivity contribution in [1.29, 1.82) is 0 Å². The van der Waals surface area contributed by atoms with E-state index in [1.165, 1.54) is 26.3 Å². The highest BCUT2D eigenvalue weighted by Gasteiger charge is 2.59. The number of hydrogen-bond donors (Lipinski definition) is 10. The van der Waals surface area contributed by atoms with E-state index in [0.29, 0.717) is 30.6 Å². The molecule has 10 N–H and O–H groups in total. The number of carbonyl (C=O) groups excluding carboxylic acids is 1. The lowest BCUT2D eigenvalue weighted by Crippen LogP contribution is -2.66. The fourth-order valence-corrected chi connectivity index (χ4v) is 12.6. The molecule has 6 fully saturated rings. The van der Waals surface area contributed by atoms with Gasteiger partial charge in [0.05, 0.1) is 31.0 Å². The summed E-state index contributed by atoms with van der Waals surface area (Å²) in [6.45, 7) is 10.1. The zero-order valence-corrected chi connectivity index (χ0v) is 37.3. The van der Waals surface area contributed by atoms with E-state index < -0.39 is 129 Å². The average Bonchev–Trinajstić information content (AvgIpc) is 3.63. The Bertz CT molecular complexity index is 1730. The predicted molar refractivity (Wildman–Crippen MR) is 218 cm³/mol. The van der Waals surface area contributed by atoms with Crippen LogP contribution in [0, 0.1) is 28.6 Å². The van der Waals surface area contributed by atoms with Crippen molar-refractivity contribution in [2.24, 2.45) is 28.6 Å². The van der Waals surface area contributed by atoms with Crippen LogP contribution in [0.25, 0.3) is 0 Å². The minimum absolute atomic E-state index is 0.0261. The smallest absolute Gasteiger partial charge is 0.187 e. The summed E-state index contributed by atoms with van der Waals surface area (Å²) in [5.41, 5.74) is 2.20. The van der Waals surface area contributed by atoms with E-state index in [1.54, 1.807) is 6.92 Å². The molecule has 4 saturated heterocycles. The van der Waals surface area contributed by atoms with E-state index in [2.05, 4.69) is 26.0 Å². The molecule has 0 amide bonds. The SMILES string of the molecule is CC(=O)C1=CC[C@H]2[C@@H]3CC=C4C[C@@H](O[C@@H]5O[C@H](CO)[C@@H](O[C@@H]6O[C@@H](C)[C@H](O[C@@H]7O[C@@H](C)[C@H](O[C@@H]8O[C@@H](C)[C@H](O)[C@@H](O)[C@H]8O)[C@@H](O)[C@H]7O)[C@@H](O)[C@H]6O)[C@H](O)[C@H]5O)CC[C@]4(C)[C@H]3CC[C@]12C. The molecule has 0 radical (unpaired) electrons. The fraction of sp³-hybridized carbons (Fsp3) is 0.889. The van der Waals surface area contributed by atoms with E-state index in [4.69, 9.17) is 37.9 Å². The quantitative estimate of drug-likeness (QED) is 0.115. The number of ether oxygens (including phenoxy) is 8. The first-order valence-corrected chi connectivity index (χ1v) is 23.1. The van der Waals surface area contributed by atoms with Gasteiger partial charge in [-0.3, -0.25) is 4.79 Å². The van der Waals surface area contributed by atoms with Crippen molar-refractivity contribution in [3.63, 3.8) is 0 Å². The third-order valence-corrected chi connectivity index (χ3v) is 16.4. The van der Waals surface area contributed by atoms with Crippen LogP contribution in [-0.2, 0) is 42.7 Å². The maximum Gasteiger partial charge on any atom is 0.187 e. The molecule has 0 aromatic heterocycles. The lowest BCUT2D eigenvalue weighted by molar-refractivity contribution is -0.384. The van der Waals surface area contributed by atoms with Gasteiger partial charge < -0.3 is 89.0 Å². The number of ketones is 1. The van der Waals surface area contributed by atoms with E-state index in [0.717, 1.165) is 37.7 Å². The third-order valence-electron chi connectivity index (χ3n) is 16.4. The first kappa shape index (κ1) is 48.9. The molecule has 0 spiro atoms. The first-order valence-electron chi connectivity index (χ1n) is 23.1. The summed E-state index contributed by atoms with van der Waals surface area (Å²) in [5, 5.41) is 108. The molecular weight excluding hydrogens is 844 g/mol. The van der Waals surface area contributed by atoms with Crippen LogP contribution in [0.4, 0.5) is 0 Å². The minimum Gasteiger partial charge on any atom is -0.394 e. The fourth-order valence-electron chi connectivity index (χ4n) is 12.6. The summed E-state index contributed by atoms with van der Waals surface area (Å²) < 4.78 is 47.0. The van der Waals surface area contributed by atoms with Crippen molar-refractivity contribution in [3.8, 4) is 0 Å². The molecule has 8 aliphatic rings.